The molecule has 1 unspecified atom stereocenters. The van der Waals surface area contributed by atoms with Gasteiger partial charge in [-0.05, 0) is 18.6 Å². The van der Waals surface area contributed by atoms with E-state index >= 15 is 0 Å². The van der Waals surface area contributed by atoms with Crippen LogP contribution >= 0.6 is 0 Å². The molecule has 0 amide bonds. The number of aliphatic hydroxyl groups excluding tert-OH is 1. The molecule has 0 aliphatic carbocycles. The molecule has 1 aliphatic heterocycles. The second kappa shape index (κ2) is 3.50. The molecule has 76 valence electrons. The first-order chi connectivity index (χ1) is 6.74. The van der Waals surface area contributed by atoms with E-state index in [-0.39, 0.29) is 12.6 Å². The molecule has 3 heteroatoms. The molecule has 1 N–H and O–H groups in total. The van der Waals surface area contributed by atoms with Crippen molar-refractivity contribution in [3.05, 3.63) is 23.8 Å². The van der Waals surface area contributed by atoms with Gasteiger partial charge in [0.15, 0.2) is 0 Å². The number of para-hydroxylation sites is 1. The molecule has 0 saturated heterocycles. The molecule has 1 aromatic rings. The number of rotatable bonds is 1. The topological polar surface area (TPSA) is 32.7 Å². The maximum atomic E-state index is 9.13. The van der Waals surface area contributed by atoms with Crippen LogP contribution in [-0.4, -0.2) is 31.4 Å². The van der Waals surface area contributed by atoms with Gasteiger partial charge in [-0.15, -0.1) is 0 Å². The number of aliphatic hydroxyl groups is 1. The summed E-state index contributed by atoms with van der Waals surface area (Å²) < 4.78 is 5.63. The van der Waals surface area contributed by atoms with Gasteiger partial charge in [0.05, 0.1) is 18.3 Å². The molecular formula is C11H15NO2. The molecule has 0 saturated carbocycles. The summed E-state index contributed by atoms with van der Waals surface area (Å²) in [5.41, 5.74) is 2.21. The van der Waals surface area contributed by atoms with E-state index in [1.54, 1.807) is 0 Å². The van der Waals surface area contributed by atoms with Gasteiger partial charge in [-0.25, -0.2) is 0 Å². The zero-order valence-electron chi connectivity index (χ0n) is 8.53. The average Bonchev–Trinajstić information content (AvgIpc) is 2.20. The van der Waals surface area contributed by atoms with Crippen molar-refractivity contribution in [2.45, 2.75) is 13.0 Å². The van der Waals surface area contributed by atoms with Crippen LogP contribution < -0.4 is 9.64 Å². The number of likely N-dealkylation sites (N-methyl/N-ethyl adjacent to an activating group) is 1. The lowest BCUT2D eigenvalue weighted by Gasteiger charge is -2.35. The monoisotopic (exact) mass is 193 g/mol. The fourth-order valence-corrected chi connectivity index (χ4v) is 1.77. The summed E-state index contributed by atoms with van der Waals surface area (Å²) in [6.07, 6.45) is 0. The van der Waals surface area contributed by atoms with Crippen LogP contribution in [0.5, 0.6) is 5.75 Å². The van der Waals surface area contributed by atoms with Gasteiger partial charge in [0.25, 0.3) is 0 Å². The Morgan fingerprint density at radius 1 is 1.57 bits per heavy atom. The second-order valence-electron chi connectivity index (χ2n) is 3.68. The van der Waals surface area contributed by atoms with Gasteiger partial charge < -0.3 is 14.7 Å². The highest BCUT2D eigenvalue weighted by Crippen LogP contribution is 2.35. The van der Waals surface area contributed by atoms with Crippen molar-refractivity contribution in [3.8, 4) is 5.75 Å². The normalized spacial score (nSPS) is 20.2. The van der Waals surface area contributed by atoms with Gasteiger partial charge in [-0.3, -0.25) is 0 Å². The van der Waals surface area contributed by atoms with Crippen molar-refractivity contribution in [2.75, 3.05) is 25.2 Å². The minimum atomic E-state index is 0.0734. The van der Waals surface area contributed by atoms with Gasteiger partial charge in [0, 0.05) is 7.05 Å². The Morgan fingerprint density at radius 2 is 2.36 bits per heavy atom. The lowest BCUT2D eigenvalue weighted by molar-refractivity contribution is 0.190. The summed E-state index contributed by atoms with van der Waals surface area (Å²) in [5, 5.41) is 9.13. The van der Waals surface area contributed by atoms with E-state index in [1.165, 1.54) is 0 Å². The molecule has 0 fully saturated rings. The number of aryl methyl sites for hydroxylation is 1. The molecule has 14 heavy (non-hydrogen) atoms. The first-order valence-electron chi connectivity index (χ1n) is 4.80. The Morgan fingerprint density at radius 3 is 3.07 bits per heavy atom. The van der Waals surface area contributed by atoms with Gasteiger partial charge in [-0.2, -0.15) is 0 Å². The van der Waals surface area contributed by atoms with E-state index < -0.39 is 0 Å². The van der Waals surface area contributed by atoms with Gasteiger partial charge in [-0.1, -0.05) is 12.1 Å². The SMILES string of the molecule is Cc1cccc2c1OCC(CO)N2C. The molecule has 0 bridgehead atoms. The zero-order valence-corrected chi connectivity index (χ0v) is 8.53. The summed E-state index contributed by atoms with van der Waals surface area (Å²) >= 11 is 0. The summed E-state index contributed by atoms with van der Waals surface area (Å²) in [6.45, 7) is 2.72. The van der Waals surface area contributed by atoms with E-state index in [0.29, 0.717) is 6.61 Å². The Balaban J connectivity index is 2.41. The highest BCUT2D eigenvalue weighted by molar-refractivity contribution is 5.63. The molecule has 0 radical (unpaired) electrons. The van der Waals surface area contributed by atoms with Crippen molar-refractivity contribution in [1.82, 2.24) is 0 Å². The first-order valence-corrected chi connectivity index (χ1v) is 4.80. The minimum absolute atomic E-state index is 0.0734. The van der Waals surface area contributed by atoms with Gasteiger partial charge in [0.1, 0.15) is 12.4 Å². The summed E-state index contributed by atoms with van der Waals surface area (Å²) in [5.74, 6) is 0.944. The number of benzene rings is 1. The Bertz CT molecular complexity index is 338. The van der Waals surface area contributed by atoms with Crippen LogP contribution in [0.4, 0.5) is 5.69 Å². The van der Waals surface area contributed by atoms with Crippen LogP contribution in [0.3, 0.4) is 0 Å². The van der Waals surface area contributed by atoms with Crippen molar-refractivity contribution in [2.24, 2.45) is 0 Å². The van der Waals surface area contributed by atoms with Crippen LogP contribution in [0.1, 0.15) is 5.56 Å². The van der Waals surface area contributed by atoms with Crippen molar-refractivity contribution >= 4 is 5.69 Å². The highest BCUT2D eigenvalue weighted by Gasteiger charge is 2.24. The quantitative estimate of drug-likeness (QED) is 0.727. The lowest BCUT2D eigenvalue weighted by Crippen LogP contribution is -2.43. The third kappa shape index (κ3) is 1.34. The fourth-order valence-electron chi connectivity index (χ4n) is 1.77. The fraction of sp³-hybridized carbons (Fsp3) is 0.455. The van der Waals surface area contributed by atoms with Crippen molar-refractivity contribution < 1.29 is 9.84 Å². The average molecular weight is 193 g/mol. The third-order valence-corrected chi connectivity index (χ3v) is 2.75. The highest BCUT2D eigenvalue weighted by atomic mass is 16.5. The number of anilines is 1. The first kappa shape index (κ1) is 9.34. The molecule has 3 nitrogen and oxygen atoms in total. The predicted molar refractivity (Wildman–Crippen MR) is 56.0 cm³/mol. The van der Waals surface area contributed by atoms with Crippen LogP contribution in [0.25, 0.3) is 0 Å². The van der Waals surface area contributed by atoms with Crippen molar-refractivity contribution in [1.29, 1.82) is 0 Å². The largest absolute Gasteiger partial charge is 0.489 e. The van der Waals surface area contributed by atoms with E-state index in [4.69, 9.17) is 9.84 Å². The molecular weight excluding hydrogens is 178 g/mol. The second-order valence-corrected chi connectivity index (χ2v) is 3.68. The molecule has 0 spiro atoms. The Kier molecular flexibility index (Phi) is 2.33. The molecule has 2 rings (SSSR count). The standard InChI is InChI=1S/C11H15NO2/c1-8-4-3-5-10-11(8)14-7-9(6-13)12(10)2/h3-5,9,13H,6-7H2,1-2H3. The number of hydrogen-bond donors (Lipinski definition) is 1. The van der Waals surface area contributed by atoms with Gasteiger partial charge in [0.2, 0.25) is 0 Å². The Labute approximate surface area is 83.9 Å². The number of hydrogen-bond acceptors (Lipinski definition) is 3. The van der Waals surface area contributed by atoms with Crippen molar-refractivity contribution in [3.63, 3.8) is 0 Å². The summed E-state index contributed by atoms with van der Waals surface area (Å²) in [6, 6.07) is 6.13. The minimum Gasteiger partial charge on any atom is -0.489 e. The molecule has 1 aromatic carbocycles. The van der Waals surface area contributed by atoms with E-state index in [0.717, 1.165) is 17.0 Å². The van der Waals surface area contributed by atoms with E-state index in [9.17, 15) is 0 Å². The smallest absolute Gasteiger partial charge is 0.145 e. The number of ether oxygens (including phenoxy) is 1. The van der Waals surface area contributed by atoms with Crippen LogP contribution in [0, 0.1) is 6.92 Å². The van der Waals surface area contributed by atoms with Gasteiger partial charge >= 0.3 is 0 Å². The molecule has 1 heterocycles. The van der Waals surface area contributed by atoms with Crippen LogP contribution in [0.15, 0.2) is 18.2 Å². The zero-order chi connectivity index (χ0) is 10.1. The molecule has 0 aromatic heterocycles. The third-order valence-electron chi connectivity index (χ3n) is 2.75. The Hall–Kier alpha value is -1.22. The summed E-state index contributed by atoms with van der Waals surface area (Å²) in [4.78, 5) is 2.08. The van der Waals surface area contributed by atoms with Crippen LogP contribution in [0.2, 0.25) is 0 Å². The van der Waals surface area contributed by atoms with Crippen LogP contribution in [-0.2, 0) is 0 Å². The maximum absolute atomic E-state index is 9.13. The molecule has 1 aliphatic rings. The number of fused-ring (bicyclic) bond motifs is 1. The summed E-state index contributed by atoms with van der Waals surface area (Å²) in [7, 11) is 1.99. The predicted octanol–water partition coefficient (Wildman–Crippen LogP) is 1.18. The number of nitrogens with zero attached hydrogens (tertiary/aromatic N) is 1. The van der Waals surface area contributed by atoms with E-state index in [1.807, 2.05) is 32.2 Å². The lowest BCUT2D eigenvalue weighted by atomic mass is 10.1. The van der Waals surface area contributed by atoms with E-state index in [2.05, 4.69) is 4.90 Å². The molecule has 1 atom stereocenters. The maximum Gasteiger partial charge on any atom is 0.145 e.